The largest absolute Gasteiger partial charge is 0.489 e. The fourth-order valence-electron chi connectivity index (χ4n) is 1.31. The molecule has 0 amide bonds. The van der Waals surface area contributed by atoms with Gasteiger partial charge in [-0.25, -0.2) is 9.37 Å². The van der Waals surface area contributed by atoms with Gasteiger partial charge in [0.2, 0.25) is 0 Å². The normalized spacial score (nSPS) is 10.1. The summed E-state index contributed by atoms with van der Waals surface area (Å²) in [6.45, 7) is 0.343. The van der Waals surface area contributed by atoms with E-state index in [2.05, 4.69) is 4.98 Å². The zero-order valence-corrected chi connectivity index (χ0v) is 8.56. The van der Waals surface area contributed by atoms with Crippen molar-refractivity contribution >= 4 is 5.82 Å². The average Bonchev–Trinajstić information content (AvgIpc) is 2.27. The first-order valence-electron chi connectivity index (χ1n) is 4.83. The lowest BCUT2D eigenvalue weighted by Gasteiger charge is -2.06. The number of nitrogen functional groups attached to an aromatic ring is 1. The lowest BCUT2D eigenvalue weighted by Crippen LogP contribution is -1.98. The smallest absolute Gasteiger partial charge is 0.126 e. The van der Waals surface area contributed by atoms with Gasteiger partial charge in [0.05, 0.1) is 0 Å². The van der Waals surface area contributed by atoms with Crippen molar-refractivity contribution in [3.63, 3.8) is 0 Å². The third kappa shape index (κ3) is 2.70. The molecule has 0 saturated heterocycles. The highest BCUT2D eigenvalue weighted by Crippen LogP contribution is 2.14. The van der Waals surface area contributed by atoms with Crippen molar-refractivity contribution in [1.29, 1.82) is 0 Å². The van der Waals surface area contributed by atoms with Crippen molar-refractivity contribution < 1.29 is 9.13 Å². The fraction of sp³-hybridized carbons (Fsp3) is 0.0833. The van der Waals surface area contributed by atoms with Crippen LogP contribution in [0, 0.1) is 5.82 Å². The van der Waals surface area contributed by atoms with Gasteiger partial charge in [0.15, 0.2) is 0 Å². The van der Waals surface area contributed by atoms with Crippen LogP contribution in [0.5, 0.6) is 5.75 Å². The predicted molar refractivity (Wildman–Crippen MR) is 59.4 cm³/mol. The summed E-state index contributed by atoms with van der Waals surface area (Å²) in [5.41, 5.74) is 6.42. The quantitative estimate of drug-likeness (QED) is 0.860. The van der Waals surface area contributed by atoms with Crippen molar-refractivity contribution in [2.24, 2.45) is 0 Å². The molecule has 0 aliphatic carbocycles. The number of hydrogen-bond acceptors (Lipinski definition) is 3. The number of anilines is 1. The molecule has 2 N–H and O–H groups in total. The van der Waals surface area contributed by atoms with Gasteiger partial charge in [-0.15, -0.1) is 0 Å². The van der Waals surface area contributed by atoms with Crippen LogP contribution in [-0.4, -0.2) is 4.98 Å². The Kier molecular flexibility index (Phi) is 3.00. The minimum Gasteiger partial charge on any atom is -0.489 e. The number of halogens is 1. The molecule has 1 heterocycles. The molecule has 0 radical (unpaired) electrons. The minimum absolute atomic E-state index is 0.313. The number of nitrogens with two attached hydrogens (primary N) is 1. The van der Waals surface area contributed by atoms with Gasteiger partial charge in [0.25, 0.3) is 0 Å². The fourth-order valence-corrected chi connectivity index (χ4v) is 1.31. The average molecular weight is 218 g/mol. The third-order valence-electron chi connectivity index (χ3n) is 2.05. The zero-order valence-electron chi connectivity index (χ0n) is 8.56. The first-order chi connectivity index (χ1) is 7.74. The Labute approximate surface area is 92.7 Å². The molecule has 1 aromatic heterocycles. The molecular weight excluding hydrogens is 207 g/mol. The van der Waals surface area contributed by atoms with E-state index in [4.69, 9.17) is 10.5 Å². The van der Waals surface area contributed by atoms with E-state index in [1.807, 2.05) is 0 Å². The molecule has 0 atom stereocenters. The van der Waals surface area contributed by atoms with E-state index in [-0.39, 0.29) is 5.82 Å². The summed E-state index contributed by atoms with van der Waals surface area (Å²) in [5, 5.41) is 0. The van der Waals surface area contributed by atoms with Crippen molar-refractivity contribution in [3.05, 3.63) is 54.0 Å². The number of pyridine rings is 1. The molecule has 1 aromatic carbocycles. The van der Waals surface area contributed by atoms with Crippen LogP contribution in [0.2, 0.25) is 0 Å². The van der Waals surface area contributed by atoms with E-state index >= 15 is 0 Å². The molecule has 0 aliphatic rings. The Morgan fingerprint density at radius 2 is 2.12 bits per heavy atom. The van der Waals surface area contributed by atoms with Crippen LogP contribution in [0.3, 0.4) is 0 Å². The molecule has 0 unspecified atom stereocenters. The number of ether oxygens (including phenoxy) is 1. The van der Waals surface area contributed by atoms with E-state index in [0.717, 1.165) is 5.56 Å². The second-order valence-electron chi connectivity index (χ2n) is 3.34. The monoisotopic (exact) mass is 218 g/mol. The first-order valence-corrected chi connectivity index (χ1v) is 4.83. The van der Waals surface area contributed by atoms with Gasteiger partial charge in [0.1, 0.15) is 24.0 Å². The number of nitrogens with zero attached hydrogens (tertiary/aromatic N) is 1. The summed E-state index contributed by atoms with van der Waals surface area (Å²) in [6.07, 6.45) is 1.61. The number of rotatable bonds is 3. The molecule has 2 rings (SSSR count). The summed E-state index contributed by atoms with van der Waals surface area (Å²) in [6, 6.07) is 9.54. The van der Waals surface area contributed by atoms with E-state index < -0.39 is 0 Å². The van der Waals surface area contributed by atoms with E-state index in [1.54, 1.807) is 30.5 Å². The van der Waals surface area contributed by atoms with Crippen LogP contribution >= 0.6 is 0 Å². The summed E-state index contributed by atoms with van der Waals surface area (Å²) >= 11 is 0. The molecule has 4 heteroatoms. The standard InChI is InChI=1S/C12H11FN2O/c13-10-2-1-3-11(7-10)16-8-9-4-5-15-12(14)6-9/h1-7H,8H2,(H2,14,15). The van der Waals surface area contributed by atoms with Crippen LogP contribution in [0.1, 0.15) is 5.56 Å². The minimum atomic E-state index is -0.313. The van der Waals surface area contributed by atoms with Crippen molar-refractivity contribution in [3.8, 4) is 5.75 Å². The summed E-state index contributed by atoms with van der Waals surface area (Å²) in [7, 11) is 0. The Bertz CT molecular complexity index is 442. The molecule has 0 bridgehead atoms. The Morgan fingerprint density at radius 3 is 2.88 bits per heavy atom. The van der Waals surface area contributed by atoms with Gasteiger partial charge < -0.3 is 10.5 Å². The topological polar surface area (TPSA) is 48.1 Å². The van der Waals surface area contributed by atoms with Crippen LogP contribution in [0.15, 0.2) is 42.6 Å². The third-order valence-corrected chi connectivity index (χ3v) is 2.05. The predicted octanol–water partition coefficient (Wildman–Crippen LogP) is 2.38. The Hall–Kier alpha value is -2.10. The molecule has 0 spiro atoms. The Balaban J connectivity index is 2.02. The molecule has 2 aromatic rings. The Morgan fingerprint density at radius 1 is 1.25 bits per heavy atom. The van der Waals surface area contributed by atoms with Crippen LogP contribution < -0.4 is 10.5 Å². The van der Waals surface area contributed by atoms with Crippen molar-refractivity contribution in [1.82, 2.24) is 4.98 Å². The van der Waals surface area contributed by atoms with Crippen molar-refractivity contribution in [2.45, 2.75) is 6.61 Å². The van der Waals surface area contributed by atoms with E-state index in [0.29, 0.717) is 18.2 Å². The maximum atomic E-state index is 12.8. The molecular formula is C12H11FN2O. The molecule has 0 saturated carbocycles. The second-order valence-corrected chi connectivity index (χ2v) is 3.34. The van der Waals surface area contributed by atoms with Crippen LogP contribution in [-0.2, 0) is 6.61 Å². The highest BCUT2D eigenvalue weighted by Gasteiger charge is 1.98. The molecule has 82 valence electrons. The summed E-state index contributed by atoms with van der Waals surface area (Å²) in [5.74, 6) is 0.627. The first kappa shape index (κ1) is 10.4. The van der Waals surface area contributed by atoms with Gasteiger partial charge in [-0.05, 0) is 29.8 Å². The number of benzene rings is 1. The highest BCUT2D eigenvalue weighted by atomic mass is 19.1. The maximum Gasteiger partial charge on any atom is 0.126 e. The number of hydrogen-bond donors (Lipinski definition) is 1. The lowest BCUT2D eigenvalue weighted by atomic mass is 10.3. The number of aromatic nitrogens is 1. The van der Waals surface area contributed by atoms with Gasteiger partial charge in [-0.1, -0.05) is 6.07 Å². The lowest BCUT2D eigenvalue weighted by molar-refractivity contribution is 0.304. The zero-order chi connectivity index (χ0) is 11.4. The van der Waals surface area contributed by atoms with E-state index in [9.17, 15) is 4.39 Å². The molecule has 0 aliphatic heterocycles. The highest BCUT2D eigenvalue weighted by molar-refractivity contribution is 5.32. The van der Waals surface area contributed by atoms with E-state index in [1.165, 1.54) is 12.1 Å². The second kappa shape index (κ2) is 4.61. The summed E-state index contributed by atoms with van der Waals surface area (Å²) in [4.78, 5) is 3.87. The summed E-state index contributed by atoms with van der Waals surface area (Å²) < 4.78 is 18.3. The molecule has 16 heavy (non-hydrogen) atoms. The van der Waals surface area contributed by atoms with Crippen LogP contribution in [0.4, 0.5) is 10.2 Å². The van der Waals surface area contributed by atoms with Gasteiger partial charge >= 0.3 is 0 Å². The van der Waals surface area contributed by atoms with Gasteiger partial charge in [0, 0.05) is 12.3 Å². The van der Waals surface area contributed by atoms with Gasteiger partial charge in [-0.3, -0.25) is 0 Å². The molecule has 3 nitrogen and oxygen atoms in total. The van der Waals surface area contributed by atoms with Crippen LogP contribution in [0.25, 0.3) is 0 Å². The van der Waals surface area contributed by atoms with Crippen molar-refractivity contribution in [2.75, 3.05) is 5.73 Å². The van der Waals surface area contributed by atoms with Gasteiger partial charge in [-0.2, -0.15) is 0 Å². The maximum absolute atomic E-state index is 12.8. The molecule has 0 fully saturated rings. The SMILES string of the molecule is Nc1cc(COc2cccc(F)c2)ccn1.